The summed E-state index contributed by atoms with van der Waals surface area (Å²) in [6.07, 6.45) is 0.0182. The van der Waals surface area contributed by atoms with E-state index < -0.39 is 12.1 Å². The second-order valence-electron chi connectivity index (χ2n) is 4.34. The molecule has 0 bridgehead atoms. The molecule has 0 aromatic carbocycles. The van der Waals surface area contributed by atoms with Gasteiger partial charge in [0.15, 0.2) is 0 Å². The minimum absolute atomic E-state index is 0.198. The number of aliphatic hydroxyl groups excluding tert-OH is 1. The lowest BCUT2D eigenvalue weighted by Gasteiger charge is -2.12. The van der Waals surface area contributed by atoms with Gasteiger partial charge in [0.1, 0.15) is 5.82 Å². The van der Waals surface area contributed by atoms with Gasteiger partial charge in [-0.2, -0.15) is 11.3 Å². The smallest absolute Gasteiger partial charge is 0.335 e. The van der Waals surface area contributed by atoms with Crippen LogP contribution in [-0.4, -0.2) is 27.7 Å². The zero-order valence-corrected chi connectivity index (χ0v) is 11.9. The zero-order valence-electron chi connectivity index (χ0n) is 11.0. The highest BCUT2D eigenvalue weighted by atomic mass is 32.1. The van der Waals surface area contributed by atoms with Gasteiger partial charge in [-0.25, -0.2) is 9.78 Å². The van der Waals surface area contributed by atoms with Crippen LogP contribution in [0.5, 0.6) is 0 Å². The van der Waals surface area contributed by atoms with E-state index in [-0.39, 0.29) is 12.1 Å². The molecular weight excluding hydrogens is 276 g/mol. The average Bonchev–Trinajstić information content (AvgIpc) is 2.98. The summed E-state index contributed by atoms with van der Waals surface area (Å²) < 4.78 is 0. The van der Waals surface area contributed by atoms with Crippen molar-refractivity contribution in [3.05, 3.63) is 45.8 Å². The third kappa shape index (κ3) is 3.55. The van der Waals surface area contributed by atoms with Crippen molar-refractivity contribution in [2.45, 2.75) is 19.4 Å². The van der Waals surface area contributed by atoms with Gasteiger partial charge in [0, 0.05) is 12.2 Å². The quantitative estimate of drug-likeness (QED) is 0.762. The van der Waals surface area contributed by atoms with Gasteiger partial charge in [-0.1, -0.05) is 6.92 Å². The number of hydrogen-bond acceptors (Lipinski definition) is 5. The molecule has 2 heterocycles. The maximum absolute atomic E-state index is 11.0. The number of aromatic nitrogens is 1. The predicted octanol–water partition coefficient (Wildman–Crippen LogP) is 2.55. The summed E-state index contributed by atoms with van der Waals surface area (Å²) in [5.41, 5.74) is 1.74. The third-order valence-electron chi connectivity index (χ3n) is 2.89. The van der Waals surface area contributed by atoms with Gasteiger partial charge in [0.2, 0.25) is 0 Å². The number of aliphatic hydroxyl groups is 1. The number of pyridine rings is 1. The van der Waals surface area contributed by atoms with Crippen molar-refractivity contribution in [3.8, 4) is 0 Å². The van der Waals surface area contributed by atoms with Gasteiger partial charge in [-0.15, -0.1) is 0 Å². The first-order valence-electron chi connectivity index (χ1n) is 6.28. The van der Waals surface area contributed by atoms with Crippen LogP contribution >= 0.6 is 11.3 Å². The summed E-state index contributed by atoms with van der Waals surface area (Å²) >= 11 is 1.52. The van der Waals surface area contributed by atoms with Crippen molar-refractivity contribution in [2.75, 3.05) is 11.9 Å². The van der Waals surface area contributed by atoms with Gasteiger partial charge in [-0.3, -0.25) is 0 Å². The van der Waals surface area contributed by atoms with E-state index in [0.29, 0.717) is 17.9 Å². The molecule has 2 aromatic heterocycles. The van der Waals surface area contributed by atoms with E-state index in [4.69, 9.17) is 5.11 Å². The van der Waals surface area contributed by atoms with Crippen LogP contribution in [0.3, 0.4) is 0 Å². The fraction of sp³-hybridized carbons (Fsp3) is 0.286. The SMILES string of the molecule is CCc1cc(C(=O)O)cc(NCC(O)c2ccsc2)n1. The predicted molar refractivity (Wildman–Crippen MR) is 78.3 cm³/mol. The van der Waals surface area contributed by atoms with Crippen molar-refractivity contribution in [1.82, 2.24) is 4.98 Å². The Morgan fingerprint density at radius 3 is 2.90 bits per heavy atom. The molecule has 2 aromatic rings. The molecule has 0 aliphatic heterocycles. The summed E-state index contributed by atoms with van der Waals surface area (Å²) in [7, 11) is 0. The van der Waals surface area contributed by atoms with E-state index in [1.807, 2.05) is 23.8 Å². The minimum Gasteiger partial charge on any atom is -0.478 e. The number of aryl methyl sites for hydroxylation is 1. The third-order valence-corrected chi connectivity index (χ3v) is 3.59. The number of carbonyl (C=O) groups is 1. The number of carboxylic acid groups (broad SMARTS) is 1. The van der Waals surface area contributed by atoms with Crippen molar-refractivity contribution in [2.24, 2.45) is 0 Å². The summed E-state index contributed by atoms with van der Waals surface area (Å²) in [5, 5.41) is 25.8. The Hall–Kier alpha value is -1.92. The first-order chi connectivity index (χ1) is 9.60. The van der Waals surface area contributed by atoms with E-state index in [1.54, 1.807) is 6.07 Å². The molecule has 5 nitrogen and oxygen atoms in total. The monoisotopic (exact) mass is 292 g/mol. The number of nitrogens with zero attached hydrogens (tertiary/aromatic N) is 1. The Labute approximate surface area is 120 Å². The maximum atomic E-state index is 11.0. The standard InChI is InChI=1S/C14H16N2O3S/c1-2-11-5-10(14(18)19)6-13(16-11)15-7-12(17)9-3-4-20-8-9/h3-6,8,12,17H,2,7H2,1H3,(H,15,16)(H,18,19). The lowest BCUT2D eigenvalue weighted by molar-refractivity contribution is 0.0696. The lowest BCUT2D eigenvalue weighted by atomic mass is 10.2. The fourth-order valence-electron chi connectivity index (χ4n) is 1.77. The van der Waals surface area contributed by atoms with Crippen LogP contribution in [0.25, 0.3) is 0 Å². The summed E-state index contributed by atoms with van der Waals surface area (Å²) in [5.74, 6) is -0.514. The number of aromatic carboxylic acids is 1. The molecule has 0 amide bonds. The van der Waals surface area contributed by atoms with Gasteiger partial charge >= 0.3 is 5.97 Å². The molecule has 1 unspecified atom stereocenters. The van der Waals surface area contributed by atoms with Crippen molar-refractivity contribution in [1.29, 1.82) is 0 Å². The highest BCUT2D eigenvalue weighted by molar-refractivity contribution is 7.07. The topological polar surface area (TPSA) is 82.5 Å². The molecule has 0 radical (unpaired) electrons. The minimum atomic E-state index is -0.983. The average molecular weight is 292 g/mol. The number of thiophene rings is 1. The van der Waals surface area contributed by atoms with Gasteiger partial charge < -0.3 is 15.5 Å². The second-order valence-corrected chi connectivity index (χ2v) is 5.12. The Balaban J connectivity index is 2.09. The van der Waals surface area contributed by atoms with Crippen molar-refractivity contribution >= 4 is 23.1 Å². The van der Waals surface area contributed by atoms with E-state index >= 15 is 0 Å². The summed E-state index contributed by atoms with van der Waals surface area (Å²) in [6, 6.07) is 4.89. The summed E-state index contributed by atoms with van der Waals surface area (Å²) in [6.45, 7) is 2.20. The van der Waals surface area contributed by atoms with Gasteiger partial charge in [0.25, 0.3) is 0 Å². The lowest BCUT2D eigenvalue weighted by Crippen LogP contribution is -2.13. The molecule has 6 heteroatoms. The first-order valence-corrected chi connectivity index (χ1v) is 7.22. The number of anilines is 1. The maximum Gasteiger partial charge on any atom is 0.335 e. The number of rotatable bonds is 6. The highest BCUT2D eigenvalue weighted by Gasteiger charge is 2.10. The Morgan fingerprint density at radius 1 is 1.50 bits per heavy atom. The molecule has 1 atom stereocenters. The van der Waals surface area contributed by atoms with Crippen LogP contribution in [0.15, 0.2) is 29.0 Å². The first kappa shape index (κ1) is 14.5. The molecule has 20 heavy (non-hydrogen) atoms. The Bertz CT molecular complexity index is 584. The zero-order chi connectivity index (χ0) is 14.5. The number of nitrogens with one attached hydrogen (secondary N) is 1. The van der Waals surface area contributed by atoms with Gasteiger partial charge in [0.05, 0.1) is 11.7 Å². The van der Waals surface area contributed by atoms with E-state index in [0.717, 1.165) is 5.56 Å². The van der Waals surface area contributed by atoms with E-state index in [2.05, 4.69) is 10.3 Å². The number of hydrogen-bond donors (Lipinski definition) is 3. The molecule has 0 aliphatic rings. The normalized spacial score (nSPS) is 12.1. The molecular formula is C14H16N2O3S. The van der Waals surface area contributed by atoms with E-state index in [9.17, 15) is 9.90 Å². The fourth-order valence-corrected chi connectivity index (χ4v) is 2.47. The Morgan fingerprint density at radius 2 is 2.30 bits per heavy atom. The van der Waals surface area contributed by atoms with Gasteiger partial charge in [-0.05, 0) is 40.9 Å². The second kappa shape index (κ2) is 6.49. The molecule has 0 saturated heterocycles. The largest absolute Gasteiger partial charge is 0.478 e. The molecule has 0 spiro atoms. The van der Waals surface area contributed by atoms with Crippen LogP contribution in [0, 0.1) is 0 Å². The summed E-state index contributed by atoms with van der Waals surface area (Å²) in [4.78, 5) is 15.3. The van der Waals surface area contributed by atoms with Crippen LogP contribution in [0.1, 0.15) is 34.6 Å². The molecule has 0 saturated carbocycles. The van der Waals surface area contributed by atoms with Crippen LogP contribution in [0.2, 0.25) is 0 Å². The molecule has 0 aliphatic carbocycles. The van der Waals surface area contributed by atoms with Crippen LogP contribution in [0.4, 0.5) is 5.82 Å². The van der Waals surface area contributed by atoms with E-state index in [1.165, 1.54) is 17.4 Å². The molecule has 106 valence electrons. The molecule has 2 rings (SSSR count). The molecule has 3 N–H and O–H groups in total. The number of carboxylic acids is 1. The highest BCUT2D eigenvalue weighted by Crippen LogP contribution is 2.17. The van der Waals surface area contributed by atoms with Crippen molar-refractivity contribution in [3.63, 3.8) is 0 Å². The molecule has 0 fully saturated rings. The Kier molecular flexibility index (Phi) is 4.70. The van der Waals surface area contributed by atoms with Crippen LogP contribution in [-0.2, 0) is 6.42 Å². The van der Waals surface area contributed by atoms with Crippen LogP contribution < -0.4 is 5.32 Å². The van der Waals surface area contributed by atoms with Crippen molar-refractivity contribution < 1.29 is 15.0 Å².